The molecule has 1 N–H and O–H groups in total. The molecule has 3 nitrogen and oxygen atoms in total. The highest BCUT2D eigenvalue weighted by Crippen LogP contribution is 2.42. The van der Waals surface area contributed by atoms with Crippen LogP contribution in [-0.4, -0.2) is 15.0 Å². The molecule has 164 valence electrons. The maximum absolute atomic E-state index is 15.1. The van der Waals surface area contributed by atoms with Gasteiger partial charge in [-0.3, -0.25) is 0 Å². The van der Waals surface area contributed by atoms with E-state index in [0.717, 1.165) is 41.6 Å². The minimum atomic E-state index is -0.408. The van der Waals surface area contributed by atoms with Crippen molar-refractivity contribution in [1.29, 1.82) is 0 Å². The van der Waals surface area contributed by atoms with Crippen LogP contribution in [0.4, 0.5) is 8.78 Å². The van der Waals surface area contributed by atoms with E-state index in [1.165, 1.54) is 6.20 Å². The van der Waals surface area contributed by atoms with E-state index in [0.29, 0.717) is 28.3 Å². The summed E-state index contributed by atoms with van der Waals surface area (Å²) in [5.74, 6) is -0.0982. The minimum Gasteiger partial charge on any atom is -0.358 e. The molecule has 7 heteroatoms. The molecule has 2 aromatic heterocycles. The minimum absolute atomic E-state index is 0.0252. The molecule has 0 fully saturated rings. The Hall–Kier alpha value is -2.50. The van der Waals surface area contributed by atoms with Crippen molar-refractivity contribution < 1.29 is 8.78 Å². The molecule has 0 spiro atoms. The van der Waals surface area contributed by atoms with Crippen molar-refractivity contribution in [1.82, 2.24) is 15.0 Å². The van der Waals surface area contributed by atoms with E-state index >= 15 is 4.39 Å². The fourth-order valence-corrected chi connectivity index (χ4v) is 5.07. The van der Waals surface area contributed by atoms with Gasteiger partial charge in [-0.25, -0.2) is 18.7 Å². The molecule has 2 heterocycles. The van der Waals surface area contributed by atoms with Crippen LogP contribution in [0.5, 0.6) is 0 Å². The SMILES string of the molecule is Cc1nc(C2CCc3c([nH]c4ccc(Cl)c(F)c34)C(c3ccc(Cl)cc3)CC2)ncc1F. The van der Waals surface area contributed by atoms with Crippen LogP contribution < -0.4 is 0 Å². The van der Waals surface area contributed by atoms with E-state index in [4.69, 9.17) is 23.2 Å². The molecule has 0 bridgehead atoms. The number of nitrogens with zero attached hydrogens (tertiary/aromatic N) is 2. The van der Waals surface area contributed by atoms with Crippen molar-refractivity contribution in [3.05, 3.63) is 92.6 Å². The number of hydrogen-bond acceptors (Lipinski definition) is 2. The highest BCUT2D eigenvalue weighted by molar-refractivity contribution is 6.31. The van der Waals surface area contributed by atoms with E-state index in [1.54, 1.807) is 13.0 Å². The third-order valence-corrected chi connectivity index (χ3v) is 7.01. The van der Waals surface area contributed by atoms with Gasteiger partial charge >= 0.3 is 0 Å². The summed E-state index contributed by atoms with van der Waals surface area (Å²) < 4.78 is 28.9. The number of halogens is 4. The summed E-state index contributed by atoms with van der Waals surface area (Å²) in [6.07, 6.45) is 4.26. The predicted molar refractivity (Wildman–Crippen MR) is 124 cm³/mol. The monoisotopic (exact) mass is 471 g/mol. The van der Waals surface area contributed by atoms with Gasteiger partial charge in [0, 0.05) is 33.5 Å². The van der Waals surface area contributed by atoms with Gasteiger partial charge in [-0.2, -0.15) is 0 Å². The third-order valence-electron chi connectivity index (χ3n) is 6.46. The molecule has 2 aromatic carbocycles. The number of fused-ring (bicyclic) bond motifs is 3. The van der Waals surface area contributed by atoms with Crippen molar-refractivity contribution in [2.75, 3.05) is 0 Å². The first-order chi connectivity index (χ1) is 15.4. The van der Waals surface area contributed by atoms with Crippen LogP contribution >= 0.6 is 23.2 Å². The number of H-pyrrole nitrogens is 1. The largest absolute Gasteiger partial charge is 0.358 e. The van der Waals surface area contributed by atoms with Crippen molar-refractivity contribution in [3.63, 3.8) is 0 Å². The van der Waals surface area contributed by atoms with Gasteiger partial charge < -0.3 is 4.98 Å². The first kappa shape index (κ1) is 21.4. The Morgan fingerprint density at radius 2 is 1.78 bits per heavy atom. The summed E-state index contributed by atoms with van der Waals surface area (Å²) in [4.78, 5) is 12.2. The second kappa shape index (κ2) is 8.45. The van der Waals surface area contributed by atoms with Crippen LogP contribution in [-0.2, 0) is 6.42 Å². The highest BCUT2D eigenvalue weighted by atomic mass is 35.5. The van der Waals surface area contributed by atoms with Gasteiger partial charge in [0.1, 0.15) is 5.82 Å². The van der Waals surface area contributed by atoms with Gasteiger partial charge in [-0.05, 0) is 68.0 Å². The van der Waals surface area contributed by atoms with Crippen molar-refractivity contribution in [2.24, 2.45) is 0 Å². The Morgan fingerprint density at radius 3 is 2.53 bits per heavy atom. The maximum Gasteiger partial charge on any atom is 0.162 e. The van der Waals surface area contributed by atoms with E-state index in [9.17, 15) is 4.39 Å². The molecule has 5 rings (SSSR count). The lowest BCUT2D eigenvalue weighted by Gasteiger charge is -2.25. The first-order valence-corrected chi connectivity index (χ1v) is 11.4. The van der Waals surface area contributed by atoms with Gasteiger partial charge in [0.15, 0.2) is 11.6 Å². The smallest absolute Gasteiger partial charge is 0.162 e. The summed E-state index contributed by atoms with van der Waals surface area (Å²) in [6.45, 7) is 1.65. The van der Waals surface area contributed by atoms with E-state index in [1.807, 2.05) is 30.3 Å². The molecule has 0 radical (unpaired) electrons. The molecule has 2 atom stereocenters. The summed E-state index contributed by atoms with van der Waals surface area (Å²) in [5, 5.41) is 1.32. The van der Waals surface area contributed by atoms with E-state index in [-0.39, 0.29) is 16.9 Å². The van der Waals surface area contributed by atoms with Crippen LogP contribution in [0.15, 0.2) is 42.6 Å². The van der Waals surface area contributed by atoms with Gasteiger partial charge in [-0.1, -0.05) is 35.3 Å². The summed E-state index contributed by atoms with van der Waals surface area (Å²) >= 11 is 12.3. The molecule has 2 unspecified atom stereocenters. The molecule has 1 aliphatic carbocycles. The zero-order chi connectivity index (χ0) is 22.4. The normalized spacial score (nSPS) is 18.9. The summed E-state index contributed by atoms with van der Waals surface area (Å²) in [7, 11) is 0. The second-order valence-corrected chi connectivity index (χ2v) is 9.22. The summed E-state index contributed by atoms with van der Waals surface area (Å²) in [5.41, 5.74) is 4.13. The predicted octanol–water partition coefficient (Wildman–Crippen LogP) is 7.49. The lowest BCUT2D eigenvalue weighted by molar-refractivity contribution is 0.483. The number of aromatic amines is 1. The van der Waals surface area contributed by atoms with Crippen LogP contribution in [0.25, 0.3) is 10.9 Å². The number of aromatic nitrogens is 3. The van der Waals surface area contributed by atoms with E-state index in [2.05, 4.69) is 15.0 Å². The Morgan fingerprint density at radius 1 is 1.00 bits per heavy atom. The van der Waals surface area contributed by atoms with Gasteiger partial charge in [0.05, 0.1) is 16.9 Å². The molecule has 32 heavy (non-hydrogen) atoms. The fourth-order valence-electron chi connectivity index (χ4n) is 4.79. The molecule has 1 aliphatic rings. The number of hydrogen-bond donors (Lipinski definition) is 1. The van der Waals surface area contributed by atoms with Crippen LogP contribution in [0.1, 0.15) is 59.4 Å². The molecule has 0 saturated heterocycles. The average molecular weight is 472 g/mol. The quantitative estimate of drug-likeness (QED) is 0.328. The number of rotatable bonds is 2. The zero-order valence-corrected chi connectivity index (χ0v) is 18.9. The Kier molecular flexibility index (Phi) is 5.64. The molecular weight excluding hydrogens is 451 g/mol. The maximum atomic E-state index is 15.1. The van der Waals surface area contributed by atoms with Gasteiger partial charge in [-0.15, -0.1) is 0 Å². The lowest BCUT2D eigenvalue weighted by atomic mass is 9.80. The summed E-state index contributed by atoms with van der Waals surface area (Å²) in [6, 6.07) is 11.2. The third kappa shape index (κ3) is 3.78. The molecule has 0 amide bonds. The van der Waals surface area contributed by atoms with Gasteiger partial charge in [0.2, 0.25) is 0 Å². The standard InChI is InChI=1S/C25H21Cl2F2N3/c1-13-20(28)12-30-25(31-13)15-4-8-17(14-2-6-16(26)7-3-14)24-18(9-5-15)22-21(32-24)11-10-19(27)23(22)29/h2-3,6-7,10-12,15,17,32H,4-5,8-9H2,1H3. The Balaban J connectivity index is 1.64. The fraction of sp³-hybridized carbons (Fsp3) is 0.280. The second-order valence-electron chi connectivity index (χ2n) is 8.38. The van der Waals surface area contributed by atoms with Crippen LogP contribution in [0.2, 0.25) is 10.0 Å². The first-order valence-electron chi connectivity index (χ1n) is 10.6. The highest BCUT2D eigenvalue weighted by Gasteiger charge is 2.29. The topological polar surface area (TPSA) is 41.6 Å². The number of benzene rings is 2. The molecule has 4 aromatic rings. The zero-order valence-electron chi connectivity index (χ0n) is 17.4. The lowest BCUT2D eigenvalue weighted by Crippen LogP contribution is -2.15. The van der Waals surface area contributed by atoms with Crippen molar-refractivity contribution in [3.8, 4) is 0 Å². The van der Waals surface area contributed by atoms with Crippen molar-refractivity contribution in [2.45, 2.75) is 44.4 Å². The Bertz CT molecular complexity index is 1300. The number of nitrogens with one attached hydrogen (secondary N) is 1. The van der Waals surface area contributed by atoms with Gasteiger partial charge in [0.25, 0.3) is 0 Å². The van der Waals surface area contributed by atoms with Crippen LogP contribution in [0, 0.1) is 18.6 Å². The van der Waals surface area contributed by atoms with Crippen molar-refractivity contribution >= 4 is 34.1 Å². The van der Waals surface area contributed by atoms with Crippen LogP contribution in [0.3, 0.4) is 0 Å². The Labute approximate surface area is 194 Å². The molecular formula is C25H21Cl2F2N3. The van der Waals surface area contributed by atoms with E-state index < -0.39 is 11.6 Å². The number of aryl methyl sites for hydroxylation is 2. The average Bonchev–Trinajstić information content (AvgIpc) is 3.13. The molecule has 0 aliphatic heterocycles. The molecule has 0 saturated carbocycles.